The lowest BCUT2D eigenvalue weighted by molar-refractivity contribution is -0.116. The van der Waals surface area contributed by atoms with Gasteiger partial charge in [-0.15, -0.1) is 22.7 Å². The van der Waals surface area contributed by atoms with E-state index in [2.05, 4.69) is 15.3 Å². The first-order valence-electron chi connectivity index (χ1n) is 7.92. The molecule has 0 aliphatic carbocycles. The van der Waals surface area contributed by atoms with Gasteiger partial charge in [0.15, 0.2) is 5.13 Å². The van der Waals surface area contributed by atoms with Crippen molar-refractivity contribution in [1.82, 2.24) is 14.4 Å². The topological polar surface area (TPSA) is 59.3 Å². The standard InChI is InChI=1S/C18H16N4OS2/c1-12-14(22-9-3-2-6-16(22)19-12)7-8-17(23)21-18-20-13(11-25-18)15-5-4-10-24-15/h2-6,9-11H,7-8H2,1H3,(H,20,21,23). The van der Waals surface area contributed by atoms with E-state index in [0.29, 0.717) is 18.0 Å². The molecule has 0 radical (unpaired) electrons. The van der Waals surface area contributed by atoms with Gasteiger partial charge in [0.2, 0.25) is 5.91 Å². The number of nitrogens with zero attached hydrogens (tertiary/aromatic N) is 3. The normalized spacial score (nSPS) is 11.1. The molecule has 4 rings (SSSR count). The lowest BCUT2D eigenvalue weighted by Crippen LogP contribution is -2.13. The summed E-state index contributed by atoms with van der Waals surface area (Å²) in [7, 11) is 0. The molecule has 4 aromatic rings. The molecule has 7 heteroatoms. The maximum Gasteiger partial charge on any atom is 0.226 e. The highest BCUT2D eigenvalue weighted by Crippen LogP contribution is 2.28. The SMILES string of the molecule is Cc1nc2ccccn2c1CCC(=O)Nc1nc(-c2cccs2)cs1. The molecule has 0 atom stereocenters. The lowest BCUT2D eigenvalue weighted by Gasteiger charge is -2.03. The Morgan fingerprint density at radius 3 is 2.96 bits per heavy atom. The summed E-state index contributed by atoms with van der Waals surface area (Å²) in [6, 6.07) is 9.93. The van der Waals surface area contributed by atoms with Crippen molar-refractivity contribution in [1.29, 1.82) is 0 Å². The summed E-state index contributed by atoms with van der Waals surface area (Å²) in [5.41, 5.74) is 3.86. The fourth-order valence-electron chi connectivity index (χ4n) is 2.75. The molecular weight excluding hydrogens is 352 g/mol. The Hall–Kier alpha value is -2.51. The largest absolute Gasteiger partial charge is 0.304 e. The molecule has 126 valence electrons. The van der Waals surface area contributed by atoms with Crippen LogP contribution in [0.3, 0.4) is 0 Å². The number of nitrogens with one attached hydrogen (secondary N) is 1. The Bertz CT molecular complexity index is 1020. The maximum absolute atomic E-state index is 12.3. The molecule has 25 heavy (non-hydrogen) atoms. The van der Waals surface area contributed by atoms with Crippen molar-refractivity contribution >= 4 is 39.4 Å². The Morgan fingerprint density at radius 2 is 2.12 bits per heavy atom. The van der Waals surface area contributed by atoms with Crippen LogP contribution in [0.25, 0.3) is 16.2 Å². The quantitative estimate of drug-likeness (QED) is 0.568. The highest BCUT2D eigenvalue weighted by molar-refractivity contribution is 7.16. The number of fused-ring (bicyclic) bond motifs is 1. The van der Waals surface area contributed by atoms with Gasteiger partial charge < -0.3 is 9.72 Å². The van der Waals surface area contributed by atoms with Crippen LogP contribution in [0.4, 0.5) is 5.13 Å². The lowest BCUT2D eigenvalue weighted by atomic mass is 10.2. The third-order valence-corrected chi connectivity index (χ3v) is 5.59. The molecule has 0 fully saturated rings. The molecule has 0 aromatic carbocycles. The van der Waals surface area contributed by atoms with Crippen LogP contribution in [0.5, 0.6) is 0 Å². The van der Waals surface area contributed by atoms with E-state index in [-0.39, 0.29) is 5.91 Å². The Labute approximate surface area is 153 Å². The van der Waals surface area contributed by atoms with Crippen molar-refractivity contribution in [2.24, 2.45) is 0 Å². The van der Waals surface area contributed by atoms with E-state index < -0.39 is 0 Å². The molecular formula is C18H16N4OS2. The number of aromatic nitrogens is 3. The third-order valence-electron chi connectivity index (χ3n) is 3.94. The van der Waals surface area contributed by atoms with Crippen LogP contribution < -0.4 is 5.32 Å². The zero-order valence-corrected chi connectivity index (χ0v) is 15.2. The van der Waals surface area contributed by atoms with E-state index in [9.17, 15) is 4.79 Å². The van der Waals surface area contributed by atoms with Crippen molar-refractivity contribution in [3.63, 3.8) is 0 Å². The van der Waals surface area contributed by atoms with E-state index in [1.165, 1.54) is 11.3 Å². The van der Waals surface area contributed by atoms with Gasteiger partial charge in [-0.2, -0.15) is 0 Å². The molecule has 1 amide bonds. The minimum absolute atomic E-state index is 0.0302. The molecule has 4 heterocycles. The van der Waals surface area contributed by atoms with Crippen LogP contribution in [0.15, 0.2) is 47.3 Å². The summed E-state index contributed by atoms with van der Waals surface area (Å²) in [6.45, 7) is 1.98. The van der Waals surface area contributed by atoms with E-state index in [1.807, 2.05) is 58.6 Å². The average Bonchev–Trinajstić information content (AvgIpc) is 3.32. The number of carbonyl (C=O) groups excluding carboxylic acids is 1. The van der Waals surface area contributed by atoms with Crippen LogP contribution in [0, 0.1) is 6.92 Å². The molecule has 1 N–H and O–H groups in total. The van der Waals surface area contributed by atoms with E-state index in [0.717, 1.165) is 27.6 Å². The Kier molecular flexibility index (Phi) is 4.33. The maximum atomic E-state index is 12.3. The number of imidazole rings is 1. The van der Waals surface area contributed by atoms with Gasteiger partial charge in [0.05, 0.1) is 16.3 Å². The molecule has 0 unspecified atom stereocenters. The fourth-order valence-corrected chi connectivity index (χ4v) is 4.24. The van der Waals surface area contributed by atoms with Gasteiger partial charge in [-0.3, -0.25) is 4.79 Å². The average molecular weight is 368 g/mol. The monoisotopic (exact) mass is 368 g/mol. The number of thiophene rings is 1. The minimum atomic E-state index is -0.0302. The van der Waals surface area contributed by atoms with Gasteiger partial charge in [-0.1, -0.05) is 12.1 Å². The summed E-state index contributed by atoms with van der Waals surface area (Å²) in [4.78, 5) is 22.4. The Morgan fingerprint density at radius 1 is 1.20 bits per heavy atom. The second kappa shape index (κ2) is 6.78. The predicted molar refractivity (Wildman–Crippen MR) is 102 cm³/mol. The van der Waals surface area contributed by atoms with Gasteiger partial charge in [0.25, 0.3) is 0 Å². The first-order chi connectivity index (χ1) is 12.2. The smallest absolute Gasteiger partial charge is 0.226 e. The van der Waals surface area contributed by atoms with Gasteiger partial charge in [-0.05, 0) is 36.9 Å². The van der Waals surface area contributed by atoms with Crippen LogP contribution in [-0.2, 0) is 11.2 Å². The van der Waals surface area contributed by atoms with Gasteiger partial charge in [0, 0.05) is 23.7 Å². The number of hydrogen-bond donors (Lipinski definition) is 1. The summed E-state index contributed by atoms with van der Waals surface area (Å²) < 4.78 is 2.04. The summed E-state index contributed by atoms with van der Waals surface area (Å²) >= 11 is 3.09. The van der Waals surface area contributed by atoms with Crippen molar-refractivity contribution in [3.05, 3.63) is 58.7 Å². The van der Waals surface area contributed by atoms with Crippen molar-refractivity contribution < 1.29 is 4.79 Å². The first-order valence-corrected chi connectivity index (χ1v) is 9.68. The zero-order chi connectivity index (χ0) is 17.2. The van der Waals surface area contributed by atoms with E-state index >= 15 is 0 Å². The zero-order valence-electron chi connectivity index (χ0n) is 13.6. The molecule has 4 aromatic heterocycles. The number of anilines is 1. The number of pyridine rings is 1. The molecule has 0 saturated carbocycles. The molecule has 0 spiro atoms. The number of carbonyl (C=O) groups is 1. The van der Waals surface area contributed by atoms with Crippen LogP contribution in [0.1, 0.15) is 17.8 Å². The molecule has 0 aliphatic heterocycles. The fraction of sp³-hybridized carbons (Fsp3) is 0.167. The molecule has 5 nitrogen and oxygen atoms in total. The number of thiazole rings is 1. The second-order valence-corrected chi connectivity index (χ2v) is 7.44. The van der Waals surface area contributed by atoms with Crippen molar-refractivity contribution in [2.75, 3.05) is 5.32 Å². The van der Waals surface area contributed by atoms with Gasteiger partial charge in [0.1, 0.15) is 5.65 Å². The molecule has 0 aliphatic rings. The Balaban J connectivity index is 1.42. The second-order valence-electron chi connectivity index (χ2n) is 5.64. The minimum Gasteiger partial charge on any atom is -0.304 e. The van der Waals surface area contributed by atoms with E-state index in [4.69, 9.17) is 0 Å². The summed E-state index contributed by atoms with van der Waals surface area (Å²) in [5.74, 6) is -0.0302. The highest BCUT2D eigenvalue weighted by Gasteiger charge is 2.12. The molecule has 0 bridgehead atoms. The number of amides is 1. The first kappa shape index (κ1) is 16.0. The third kappa shape index (κ3) is 3.33. The van der Waals surface area contributed by atoms with Crippen LogP contribution in [0.2, 0.25) is 0 Å². The van der Waals surface area contributed by atoms with Gasteiger partial charge >= 0.3 is 0 Å². The number of hydrogen-bond acceptors (Lipinski definition) is 5. The summed E-state index contributed by atoms with van der Waals surface area (Å²) in [6.07, 6.45) is 3.03. The van der Waals surface area contributed by atoms with Crippen LogP contribution >= 0.6 is 22.7 Å². The summed E-state index contributed by atoms with van der Waals surface area (Å²) in [5, 5.41) is 7.53. The number of aryl methyl sites for hydroxylation is 2. The van der Waals surface area contributed by atoms with Crippen LogP contribution in [-0.4, -0.2) is 20.3 Å². The predicted octanol–water partition coefficient (Wildman–Crippen LogP) is 4.40. The van der Waals surface area contributed by atoms with E-state index in [1.54, 1.807) is 11.3 Å². The molecule has 0 saturated heterocycles. The number of rotatable bonds is 5. The highest BCUT2D eigenvalue weighted by atomic mass is 32.1. The van der Waals surface area contributed by atoms with Crippen molar-refractivity contribution in [2.45, 2.75) is 19.8 Å². The van der Waals surface area contributed by atoms with Crippen molar-refractivity contribution in [3.8, 4) is 10.6 Å². The van der Waals surface area contributed by atoms with Gasteiger partial charge in [-0.25, -0.2) is 9.97 Å².